The smallest absolute Gasteiger partial charge is 0.274 e. The van der Waals surface area contributed by atoms with Crippen LogP contribution in [0.3, 0.4) is 0 Å². The highest BCUT2D eigenvalue weighted by atomic mass is 35.5. The maximum atomic E-state index is 12.2. The third-order valence-electron chi connectivity index (χ3n) is 3.22. The molecule has 1 unspecified atom stereocenters. The van der Waals surface area contributed by atoms with E-state index in [-0.39, 0.29) is 5.91 Å². The molecular weight excluding hydrogens is 238 g/mol. The van der Waals surface area contributed by atoms with Crippen molar-refractivity contribution in [3.63, 3.8) is 0 Å². The Labute approximate surface area is 106 Å². The zero-order valence-corrected chi connectivity index (χ0v) is 10.7. The zero-order chi connectivity index (χ0) is 12.3. The maximum Gasteiger partial charge on any atom is 0.274 e. The standard InChI is InChI=1S/C12H16ClN3O/c1-2-9-4-3-5-16(8-9)12(17)10-6-15-11(13)7-14-10/h6-7,9H,2-5,8H2,1H3. The van der Waals surface area contributed by atoms with E-state index in [1.54, 1.807) is 0 Å². The lowest BCUT2D eigenvalue weighted by atomic mass is 9.95. The van der Waals surface area contributed by atoms with Gasteiger partial charge in [-0.1, -0.05) is 24.9 Å². The van der Waals surface area contributed by atoms with Crippen LogP contribution in [0.2, 0.25) is 5.15 Å². The molecule has 1 aliphatic rings. The van der Waals surface area contributed by atoms with E-state index in [0.29, 0.717) is 16.8 Å². The van der Waals surface area contributed by atoms with Gasteiger partial charge in [-0.05, 0) is 18.8 Å². The lowest BCUT2D eigenvalue weighted by Crippen LogP contribution is -2.40. The van der Waals surface area contributed by atoms with Crippen LogP contribution in [0.5, 0.6) is 0 Å². The number of carbonyl (C=O) groups excluding carboxylic acids is 1. The summed E-state index contributed by atoms with van der Waals surface area (Å²) in [6.45, 7) is 3.82. The van der Waals surface area contributed by atoms with Crippen molar-refractivity contribution in [2.75, 3.05) is 13.1 Å². The highest BCUT2D eigenvalue weighted by Gasteiger charge is 2.24. The van der Waals surface area contributed by atoms with Gasteiger partial charge >= 0.3 is 0 Å². The third kappa shape index (κ3) is 2.94. The number of hydrogen-bond acceptors (Lipinski definition) is 3. The summed E-state index contributed by atoms with van der Waals surface area (Å²) in [7, 11) is 0. The van der Waals surface area contributed by atoms with Gasteiger partial charge in [0.25, 0.3) is 5.91 Å². The van der Waals surface area contributed by atoms with Gasteiger partial charge in [-0.2, -0.15) is 0 Å². The van der Waals surface area contributed by atoms with Gasteiger partial charge in [0.1, 0.15) is 10.8 Å². The van der Waals surface area contributed by atoms with Crippen molar-refractivity contribution >= 4 is 17.5 Å². The molecule has 0 N–H and O–H groups in total. The lowest BCUT2D eigenvalue weighted by molar-refractivity contribution is 0.0665. The second-order valence-electron chi connectivity index (χ2n) is 4.39. The minimum Gasteiger partial charge on any atom is -0.337 e. The van der Waals surface area contributed by atoms with Crippen LogP contribution < -0.4 is 0 Å². The average molecular weight is 254 g/mol. The first-order valence-corrected chi connectivity index (χ1v) is 6.35. The molecule has 4 nitrogen and oxygen atoms in total. The van der Waals surface area contributed by atoms with Crippen LogP contribution in [-0.2, 0) is 0 Å². The summed E-state index contributed by atoms with van der Waals surface area (Å²) in [5, 5.41) is 0.312. The van der Waals surface area contributed by atoms with E-state index in [1.807, 2.05) is 4.90 Å². The number of hydrogen-bond donors (Lipinski definition) is 0. The van der Waals surface area contributed by atoms with Crippen LogP contribution in [-0.4, -0.2) is 33.9 Å². The number of nitrogens with zero attached hydrogens (tertiary/aromatic N) is 3. The van der Waals surface area contributed by atoms with Crippen molar-refractivity contribution in [3.05, 3.63) is 23.2 Å². The number of likely N-dealkylation sites (tertiary alicyclic amines) is 1. The first-order chi connectivity index (χ1) is 8.20. The summed E-state index contributed by atoms with van der Waals surface area (Å²) < 4.78 is 0. The number of halogens is 1. The SMILES string of the molecule is CCC1CCCN(C(=O)c2cnc(Cl)cn2)C1. The molecule has 1 aliphatic heterocycles. The number of piperidine rings is 1. The number of carbonyl (C=O) groups is 1. The van der Waals surface area contributed by atoms with Gasteiger partial charge in [0.05, 0.1) is 12.4 Å². The average Bonchev–Trinajstić information content (AvgIpc) is 2.39. The van der Waals surface area contributed by atoms with Gasteiger partial charge in [-0.3, -0.25) is 4.79 Å². The lowest BCUT2D eigenvalue weighted by Gasteiger charge is -2.31. The summed E-state index contributed by atoms with van der Waals surface area (Å²) >= 11 is 5.65. The van der Waals surface area contributed by atoms with Gasteiger partial charge in [-0.15, -0.1) is 0 Å². The Morgan fingerprint density at radius 1 is 1.53 bits per heavy atom. The molecule has 0 aromatic carbocycles. The summed E-state index contributed by atoms with van der Waals surface area (Å²) in [6.07, 6.45) is 6.27. The van der Waals surface area contributed by atoms with Gasteiger partial charge in [0.2, 0.25) is 0 Å². The van der Waals surface area contributed by atoms with Crippen molar-refractivity contribution in [2.45, 2.75) is 26.2 Å². The summed E-state index contributed by atoms with van der Waals surface area (Å²) in [5.41, 5.74) is 0.381. The van der Waals surface area contributed by atoms with E-state index in [9.17, 15) is 4.79 Å². The van der Waals surface area contributed by atoms with E-state index in [2.05, 4.69) is 16.9 Å². The molecule has 0 aliphatic carbocycles. The van der Waals surface area contributed by atoms with E-state index in [0.717, 1.165) is 25.9 Å². The molecule has 2 heterocycles. The Morgan fingerprint density at radius 2 is 2.35 bits per heavy atom. The predicted octanol–water partition coefficient (Wildman–Crippen LogP) is 2.39. The molecule has 0 saturated carbocycles. The van der Waals surface area contributed by atoms with Crippen LogP contribution in [0.25, 0.3) is 0 Å². The molecule has 0 spiro atoms. The molecular formula is C12H16ClN3O. The number of amides is 1. The molecule has 0 radical (unpaired) electrons. The molecule has 1 aromatic rings. The van der Waals surface area contributed by atoms with Gasteiger partial charge < -0.3 is 4.90 Å². The van der Waals surface area contributed by atoms with Crippen LogP contribution in [0.15, 0.2) is 12.4 Å². The second kappa shape index (κ2) is 5.45. The van der Waals surface area contributed by atoms with Crippen molar-refractivity contribution in [2.24, 2.45) is 5.92 Å². The Bertz CT molecular complexity index is 393. The number of aromatic nitrogens is 2. The third-order valence-corrected chi connectivity index (χ3v) is 3.42. The molecule has 1 atom stereocenters. The number of rotatable bonds is 2. The van der Waals surface area contributed by atoms with Gasteiger partial charge in [-0.25, -0.2) is 9.97 Å². The van der Waals surface area contributed by atoms with E-state index in [1.165, 1.54) is 18.8 Å². The predicted molar refractivity (Wildman–Crippen MR) is 66.0 cm³/mol. The highest BCUT2D eigenvalue weighted by molar-refractivity contribution is 6.29. The first-order valence-electron chi connectivity index (χ1n) is 5.97. The summed E-state index contributed by atoms with van der Waals surface area (Å²) in [4.78, 5) is 21.9. The topological polar surface area (TPSA) is 46.1 Å². The highest BCUT2D eigenvalue weighted by Crippen LogP contribution is 2.20. The van der Waals surface area contributed by atoms with E-state index >= 15 is 0 Å². The molecule has 1 amide bonds. The molecule has 1 aromatic heterocycles. The monoisotopic (exact) mass is 253 g/mol. The van der Waals surface area contributed by atoms with Gasteiger partial charge in [0, 0.05) is 13.1 Å². The van der Waals surface area contributed by atoms with Gasteiger partial charge in [0.15, 0.2) is 0 Å². The minimum absolute atomic E-state index is 0.0349. The molecule has 1 saturated heterocycles. The second-order valence-corrected chi connectivity index (χ2v) is 4.78. The van der Waals surface area contributed by atoms with E-state index in [4.69, 9.17) is 11.6 Å². The minimum atomic E-state index is -0.0349. The Balaban J connectivity index is 2.06. The molecule has 0 bridgehead atoms. The summed E-state index contributed by atoms with van der Waals surface area (Å²) in [5.74, 6) is 0.584. The molecule has 17 heavy (non-hydrogen) atoms. The van der Waals surface area contributed by atoms with Crippen LogP contribution in [0, 0.1) is 5.92 Å². The summed E-state index contributed by atoms with van der Waals surface area (Å²) in [6, 6.07) is 0. The normalized spacial score (nSPS) is 20.4. The largest absolute Gasteiger partial charge is 0.337 e. The van der Waals surface area contributed by atoms with Crippen LogP contribution in [0.4, 0.5) is 0 Å². The molecule has 1 fully saturated rings. The van der Waals surface area contributed by atoms with Crippen LogP contribution in [0.1, 0.15) is 36.7 Å². The first kappa shape index (κ1) is 12.3. The fourth-order valence-electron chi connectivity index (χ4n) is 2.17. The maximum absolute atomic E-state index is 12.2. The Hall–Kier alpha value is -1.16. The van der Waals surface area contributed by atoms with Crippen molar-refractivity contribution in [3.8, 4) is 0 Å². The molecule has 92 valence electrons. The zero-order valence-electron chi connectivity index (χ0n) is 9.90. The van der Waals surface area contributed by atoms with Crippen molar-refractivity contribution in [1.29, 1.82) is 0 Å². The van der Waals surface area contributed by atoms with Crippen LogP contribution >= 0.6 is 11.6 Å². The fourth-order valence-corrected chi connectivity index (χ4v) is 2.27. The fraction of sp³-hybridized carbons (Fsp3) is 0.583. The quantitative estimate of drug-likeness (QED) is 0.813. The van der Waals surface area contributed by atoms with Crippen molar-refractivity contribution in [1.82, 2.24) is 14.9 Å². The van der Waals surface area contributed by atoms with Crippen molar-refractivity contribution < 1.29 is 4.79 Å². The Morgan fingerprint density at radius 3 is 3.00 bits per heavy atom. The van der Waals surface area contributed by atoms with E-state index < -0.39 is 0 Å². The molecule has 2 rings (SSSR count). The Kier molecular flexibility index (Phi) is 3.94. The molecule has 5 heteroatoms.